The summed E-state index contributed by atoms with van der Waals surface area (Å²) >= 11 is 0. The van der Waals surface area contributed by atoms with Gasteiger partial charge in [0.25, 0.3) is 0 Å². The molecule has 16 heavy (non-hydrogen) atoms. The number of esters is 1. The number of rotatable bonds is 4. The molecule has 0 aromatic carbocycles. The molecule has 0 bridgehead atoms. The molecule has 1 atom stereocenters. The topological polar surface area (TPSA) is 59.7 Å². The number of furan rings is 1. The second-order valence-corrected chi connectivity index (χ2v) is 4.09. The summed E-state index contributed by atoms with van der Waals surface area (Å²) in [6.07, 6.45) is 0.527. The van der Waals surface area contributed by atoms with Gasteiger partial charge in [-0.3, -0.25) is 0 Å². The van der Waals surface area contributed by atoms with Crippen LogP contribution in [0.2, 0.25) is 0 Å². The predicted octanol–water partition coefficient (Wildman–Crippen LogP) is 2.32. The largest absolute Gasteiger partial charge is 0.463 e. The third-order valence-corrected chi connectivity index (χ3v) is 2.91. The van der Waals surface area contributed by atoms with E-state index in [0.29, 0.717) is 12.2 Å². The van der Waals surface area contributed by atoms with Crippen LogP contribution in [-0.2, 0) is 10.3 Å². The summed E-state index contributed by atoms with van der Waals surface area (Å²) in [5.74, 6) is -0.00182. The number of hydrogen-bond acceptors (Lipinski definition) is 4. The summed E-state index contributed by atoms with van der Waals surface area (Å²) in [5.41, 5.74) is -1.04. The average molecular weight is 226 g/mol. The molecule has 0 radical (unpaired) electrons. The minimum atomic E-state index is -1.04. The Hall–Kier alpha value is -1.29. The molecule has 1 unspecified atom stereocenters. The number of hydrogen-bond donors (Lipinski definition) is 1. The Labute approximate surface area is 95.2 Å². The van der Waals surface area contributed by atoms with Crippen molar-refractivity contribution in [3.05, 3.63) is 23.7 Å². The van der Waals surface area contributed by atoms with Gasteiger partial charge >= 0.3 is 5.97 Å². The standard InChI is InChI=1S/C12H18O4/c1-5-12(14,8(2)3)10-7-6-9(16-10)11(13)15-4/h6-8,14H,5H2,1-4H3. The monoisotopic (exact) mass is 226 g/mol. The zero-order valence-electron chi connectivity index (χ0n) is 10.1. The van der Waals surface area contributed by atoms with Crippen molar-refractivity contribution in [2.75, 3.05) is 7.11 Å². The average Bonchev–Trinajstić information content (AvgIpc) is 2.76. The number of methoxy groups -OCH3 is 1. The highest BCUT2D eigenvalue weighted by Gasteiger charge is 2.35. The Bertz CT molecular complexity index is 367. The molecule has 0 fully saturated rings. The number of ether oxygens (including phenoxy) is 1. The Kier molecular flexibility index (Phi) is 3.75. The van der Waals surface area contributed by atoms with Crippen molar-refractivity contribution in [3.63, 3.8) is 0 Å². The van der Waals surface area contributed by atoms with Crippen molar-refractivity contribution in [1.29, 1.82) is 0 Å². The van der Waals surface area contributed by atoms with Gasteiger partial charge in [0.15, 0.2) is 0 Å². The molecule has 0 amide bonds. The van der Waals surface area contributed by atoms with Crippen LogP contribution in [0.25, 0.3) is 0 Å². The van der Waals surface area contributed by atoms with E-state index in [0.717, 1.165) is 0 Å². The molecule has 1 heterocycles. The molecule has 4 heteroatoms. The third kappa shape index (κ3) is 2.11. The van der Waals surface area contributed by atoms with E-state index in [4.69, 9.17) is 4.42 Å². The van der Waals surface area contributed by atoms with Gasteiger partial charge in [0.2, 0.25) is 5.76 Å². The molecule has 0 aliphatic rings. The number of aliphatic hydroxyl groups is 1. The lowest BCUT2D eigenvalue weighted by atomic mass is 9.85. The van der Waals surface area contributed by atoms with Gasteiger partial charge in [-0.25, -0.2) is 4.79 Å². The first-order chi connectivity index (χ1) is 7.45. The molecule has 0 aliphatic carbocycles. The highest BCUT2D eigenvalue weighted by atomic mass is 16.5. The van der Waals surface area contributed by atoms with Crippen LogP contribution in [0.1, 0.15) is 43.5 Å². The van der Waals surface area contributed by atoms with Gasteiger partial charge < -0.3 is 14.3 Å². The minimum absolute atomic E-state index is 0.00847. The van der Waals surface area contributed by atoms with E-state index in [9.17, 15) is 9.90 Å². The molecule has 0 saturated carbocycles. The van der Waals surface area contributed by atoms with Crippen LogP contribution < -0.4 is 0 Å². The maximum atomic E-state index is 11.2. The van der Waals surface area contributed by atoms with E-state index in [1.165, 1.54) is 13.2 Å². The normalized spacial score (nSPS) is 14.9. The van der Waals surface area contributed by atoms with Crippen molar-refractivity contribution in [2.24, 2.45) is 5.92 Å². The first-order valence-electron chi connectivity index (χ1n) is 5.36. The molecule has 1 aromatic heterocycles. The summed E-state index contributed by atoms with van der Waals surface area (Å²) in [5, 5.41) is 10.4. The summed E-state index contributed by atoms with van der Waals surface area (Å²) in [6.45, 7) is 5.69. The summed E-state index contributed by atoms with van der Waals surface area (Å²) in [4.78, 5) is 11.2. The smallest absolute Gasteiger partial charge is 0.373 e. The second-order valence-electron chi connectivity index (χ2n) is 4.09. The molecule has 0 saturated heterocycles. The SMILES string of the molecule is CCC(O)(c1ccc(C(=O)OC)o1)C(C)C. The van der Waals surface area contributed by atoms with Crippen LogP contribution in [0, 0.1) is 5.92 Å². The molecule has 0 aliphatic heterocycles. The quantitative estimate of drug-likeness (QED) is 0.800. The molecule has 1 aromatic rings. The van der Waals surface area contributed by atoms with Crippen LogP contribution in [0.4, 0.5) is 0 Å². The van der Waals surface area contributed by atoms with E-state index < -0.39 is 11.6 Å². The van der Waals surface area contributed by atoms with Gasteiger partial charge in [-0.05, 0) is 24.5 Å². The van der Waals surface area contributed by atoms with E-state index >= 15 is 0 Å². The Morgan fingerprint density at radius 2 is 2.19 bits per heavy atom. The van der Waals surface area contributed by atoms with Crippen LogP contribution in [0.15, 0.2) is 16.5 Å². The molecular formula is C12H18O4. The minimum Gasteiger partial charge on any atom is -0.463 e. The van der Waals surface area contributed by atoms with Gasteiger partial charge in [-0.1, -0.05) is 20.8 Å². The number of carbonyl (C=O) groups is 1. The fourth-order valence-corrected chi connectivity index (χ4v) is 1.65. The highest BCUT2D eigenvalue weighted by molar-refractivity contribution is 5.86. The fraction of sp³-hybridized carbons (Fsp3) is 0.583. The van der Waals surface area contributed by atoms with Gasteiger partial charge in [-0.2, -0.15) is 0 Å². The maximum Gasteiger partial charge on any atom is 0.373 e. The summed E-state index contributed by atoms with van der Waals surface area (Å²) in [6, 6.07) is 3.14. The molecular weight excluding hydrogens is 208 g/mol. The Morgan fingerprint density at radius 1 is 1.56 bits per heavy atom. The molecule has 0 spiro atoms. The lowest BCUT2D eigenvalue weighted by molar-refractivity contribution is -0.0339. The van der Waals surface area contributed by atoms with Crippen molar-refractivity contribution in [3.8, 4) is 0 Å². The second kappa shape index (κ2) is 4.70. The van der Waals surface area contributed by atoms with E-state index in [1.807, 2.05) is 20.8 Å². The highest BCUT2D eigenvalue weighted by Crippen LogP contribution is 2.33. The lowest BCUT2D eigenvalue weighted by Gasteiger charge is -2.28. The van der Waals surface area contributed by atoms with Crippen LogP contribution in [0.3, 0.4) is 0 Å². The zero-order valence-corrected chi connectivity index (χ0v) is 10.1. The van der Waals surface area contributed by atoms with Crippen molar-refractivity contribution in [2.45, 2.75) is 32.8 Å². The van der Waals surface area contributed by atoms with Crippen LogP contribution in [-0.4, -0.2) is 18.2 Å². The van der Waals surface area contributed by atoms with Crippen LogP contribution >= 0.6 is 0 Å². The van der Waals surface area contributed by atoms with Gasteiger partial charge in [-0.15, -0.1) is 0 Å². The fourth-order valence-electron chi connectivity index (χ4n) is 1.65. The zero-order chi connectivity index (χ0) is 12.3. The van der Waals surface area contributed by atoms with Crippen molar-refractivity contribution < 1.29 is 19.1 Å². The van der Waals surface area contributed by atoms with Gasteiger partial charge in [0.05, 0.1) is 7.11 Å². The molecule has 90 valence electrons. The molecule has 1 N–H and O–H groups in total. The van der Waals surface area contributed by atoms with Gasteiger partial charge in [0.1, 0.15) is 11.4 Å². The maximum absolute atomic E-state index is 11.2. The van der Waals surface area contributed by atoms with Crippen molar-refractivity contribution >= 4 is 5.97 Å². The first kappa shape index (κ1) is 12.8. The summed E-state index contributed by atoms with van der Waals surface area (Å²) in [7, 11) is 1.29. The number of carbonyl (C=O) groups excluding carboxylic acids is 1. The Balaban J connectivity index is 3.05. The van der Waals surface area contributed by atoms with E-state index in [1.54, 1.807) is 6.07 Å². The molecule has 4 nitrogen and oxygen atoms in total. The predicted molar refractivity (Wildman–Crippen MR) is 59.1 cm³/mol. The van der Waals surface area contributed by atoms with Crippen LogP contribution in [0.5, 0.6) is 0 Å². The Morgan fingerprint density at radius 3 is 2.62 bits per heavy atom. The molecule has 1 rings (SSSR count). The first-order valence-corrected chi connectivity index (χ1v) is 5.36. The summed E-state index contributed by atoms with van der Waals surface area (Å²) < 4.78 is 9.87. The third-order valence-electron chi connectivity index (χ3n) is 2.91. The van der Waals surface area contributed by atoms with Crippen molar-refractivity contribution in [1.82, 2.24) is 0 Å². The van der Waals surface area contributed by atoms with Gasteiger partial charge in [0, 0.05) is 0 Å². The van der Waals surface area contributed by atoms with E-state index in [2.05, 4.69) is 4.74 Å². The lowest BCUT2D eigenvalue weighted by Crippen LogP contribution is -2.30. The van der Waals surface area contributed by atoms with E-state index in [-0.39, 0.29) is 11.7 Å².